The molecule has 116 valence electrons. The van der Waals surface area contributed by atoms with Gasteiger partial charge in [-0.05, 0) is 12.8 Å². The fourth-order valence-electron chi connectivity index (χ4n) is 2.84. The van der Waals surface area contributed by atoms with Crippen LogP contribution in [0.5, 0.6) is 0 Å². The van der Waals surface area contributed by atoms with Gasteiger partial charge in [-0.2, -0.15) is 0 Å². The van der Waals surface area contributed by atoms with Crippen LogP contribution < -0.4 is 5.73 Å². The lowest BCUT2D eigenvalue weighted by molar-refractivity contribution is -0.135. The monoisotopic (exact) mass is 285 g/mol. The molecular formula is C14H27N3O3. The number of hydrogen-bond acceptors (Lipinski definition) is 5. The van der Waals surface area contributed by atoms with Gasteiger partial charge in [-0.25, -0.2) is 0 Å². The molecule has 6 heteroatoms. The van der Waals surface area contributed by atoms with E-state index in [4.69, 9.17) is 15.2 Å². The van der Waals surface area contributed by atoms with E-state index < -0.39 is 0 Å². The van der Waals surface area contributed by atoms with Gasteiger partial charge >= 0.3 is 0 Å². The Bertz CT molecular complexity index is 296. The van der Waals surface area contributed by atoms with Crippen molar-refractivity contribution in [2.75, 3.05) is 53.0 Å². The van der Waals surface area contributed by atoms with E-state index in [9.17, 15) is 4.79 Å². The second-order valence-electron chi connectivity index (χ2n) is 5.61. The van der Waals surface area contributed by atoms with Gasteiger partial charge in [0.1, 0.15) is 0 Å². The van der Waals surface area contributed by atoms with Crippen LogP contribution in [-0.2, 0) is 14.3 Å². The van der Waals surface area contributed by atoms with Crippen LogP contribution in [0.1, 0.15) is 19.3 Å². The average Bonchev–Trinajstić information content (AvgIpc) is 2.98. The van der Waals surface area contributed by atoms with Crippen molar-refractivity contribution in [2.24, 2.45) is 5.73 Å². The van der Waals surface area contributed by atoms with Crippen LogP contribution in [-0.4, -0.2) is 80.9 Å². The molecule has 2 rings (SSSR count). The van der Waals surface area contributed by atoms with E-state index in [1.165, 1.54) is 12.8 Å². The van der Waals surface area contributed by atoms with E-state index in [-0.39, 0.29) is 12.0 Å². The minimum atomic E-state index is -0.160. The Morgan fingerprint density at radius 2 is 2.15 bits per heavy atom. The van der Waals surface area contributed by atoms with E-state index in [0.717, 1.165) is 39.3 Å². The van der Waals surface area contributed by atoms with Crippen LogP contribution in [0.25, 0.3) is 0 Å². The molecule has 2 unspecified atom stereocenters. The lowest BCUT2D eigenvalue weighted by atomic mass is 10.2. The average molecular weight is 285 g/mol. The van der Waals surface area contributed by atoms with Crippen molar-refractivity contribution in [1.29, 1.82) is 0 Å². The summed E-state index contributed by atoms with van der Waals surface area (Å²) in [5.41, 5.74) is 5.56. The quantitative estimate of drug-likeness (QED) is 0.724. The van der Waals surface area contributed by atoms with Gasteiger partial charge in [-0.15, -0.1) is 0 Å². The van der Waals surface area contributed by atoms with Crippen LogP contribution in [0.4, 0.5) is 0 Å². The zero-order chi connectivity index (χ0) is 14.4. The summed E-state index contributed by atoms with van der Waals surface area (Å²) in [5.74, 6) is 0.152. The molecule has 2 aliphatic rings. The highest BCUT2D eigenvalue weighted by Crippen LogP contribution is 2.15. The molecule has 20 heavy (non-hydrogen) atoms. The summed E-state index contributed by atoms with van der Waals surface area (Å²) in [6.07, 6.45) is 2.98. The minimum absolute atomic E-state index is 0.152. The number of carbonyl (C=O) groups is 1. The summed E-state index contributed by atoms with van der Waals surface area (Å²) in [6, 6.07) is 0. The normalized spacial score (nSPS) is 25.9. The summed E-state index contributed by atoms with van der Waals surface area (Å²) in [4.78, 5) is 16.4. The van der Waals surface area contributed by atoms with E-state index in [1.807, 2.05) is 4.90 Å². The number of methoxy groups -OCH3 is 1. The highest BCUT2D eigenvalue weighted by Gasteiger charge is 2.25. The van der Waals surface area contributed by atoms with E-state index in [2.05, 4.69) is 4.90 Å². The van der Waals surface area contributed by atoms with Crippen molar-refractivity contribution in [3.8, 4) is 0 Å². The first-order valence-electron chi connectivity index (χ1n) is 7.57. The molecule has 0 saturated carbocycles. The van der Waals surface area contributed by atoms with Gasteiger partial charge in [-0.3, -0.25) is 9.69 Å². The number of carbonyl (C=O) groups excluding carboxylic acids is 1. The van der Waals surface area contributed by atoms with Gasteiger partial charge in [-0.1, -0.05) is 0 Å². The maximum atomic E-state index is 12.1. The fraction of sp³-hybridized carbons (Fsp3) is 0.929. The molecule has 2 N–H and O–H groups in total. The Hall–Kier alpha value is -0.690. The highest BCUT2D eigenvalue weighted by molar-refractivity contribution is 5.76. The second-order valence-corrected chi connectivity index (χ2v) is 5.61. The van der Waals surface area contributed by atoms with Crippen LogP contribution in [0.3, 0.4) is 0 Å². The first-order chi connectivity index (χ1) is 9.72. The molecule has 6 nitrogen and oxygen atoms in total. The molecule has 2 aliphatic heterocycles. The van der Waals surface area contributed by atoms with E-state index in [0.29, 0.717) is 19.1 Å². The number of amides is 1. The number of piperazine rings is 1. The zero-order valence-corrected chi connectivity index (χ0v) is 12.4. The van der Waals surface area contributed by atoms with Crippen molar-refractivity contribution in [3.63, 3.8) is 0 Å². The maximum Gasteiger partial charge on any atom is 0.225 e. The molecule has 0 bridgehead atoms. The molecule has 2 saturated heterocycles. The Morgan fingerprint density at radius 1 is 1.40 bits per heavy atom. The lowest BCUT2D eigenvalue weighted by Gasteiger charge is -2.36. The molecule has 0 aliphatic carbocycles. The van der Waals surface area contributed by atoms with E-state index >= 15 is 0 Å². The molecule has 0 spiro atoms. The fourth-order valence-corrected chi connectivity index (χ4v) is 2.84. The largest absolute Gasteiger partial charge is 0.380 e. The molecule has 2 atom stereocenters. The topological polar surface area (TPSA) is 68.0 Å². The number of hydrogen-bond donors (Lipinski definition) is 1. The molecule has 2 fully saturated rings. The molecule has 0 radical (unpaired) electrons. The standard InChI is InChI=1S/C14H27N3O3/c1-19-13(10-15)9-14(18)17-6-4-16(5-7-17)11-12-3-2-8-20-12/h12-13H,2-11,15H2,1H3. The van der Waals surface area contributed by atoms with Crippen LogP contribution >= 0.6 is 0 Å². The third-order valence-electron chi connectivity index (χ3n) is 4.21. The predicted octanol–water partition coefficient (Wildman–Crippen LogP) is -0.327. The summed E-state index contributed by atoms with van der Waals surface area (Å²) in [7, 11) is 1.60. The Morgan fingerprint density at radius 3 is 2.70 bits per heavy atom. The van der Waals surface area contributed by atoms with Gasteiger partial charge in [0, 0.05) is 53.0 Å². The summed E-state index contributed by atoms with van der Waals surface area (Å²) >= 11 is 0. The molecule has 0 aromatic heterocycles. The molecule has 0 aromatic carbocycles. The van der Waals surface area contributed by atoms with Gasteiger partial charge < -0.3 is 20.1 Å². The third kappa shape index (κ3) is 4.41. The predicted molar refractivity (Wildman–Crippen MR) is 76.5 cm³/mol. The Labute approximate surface area is 121 Å². The summed E-state index contributed by atoms with van der Waals surface area (Å²) in [6.45, 7) is 5.77. The smallest absolute Gasteiger partial charge is 0.225 e. The zero-order valence-electron chi connectivity index (χ0n) is 12.4. The van der Waals surface area contributed by atoms with Crippen LogP contribution in [0, 0.1) is 0 Å². The summed E-state index contributed by atoms with van der Waals surface area (Å²) < 4.78 is 10.8. The van der Waals surface area contributed by atoms with Crippen molar-refractivity contribution in [1.82, 2.24) is 9.80 Å². The van der Waals surface area contributed by atoms with Crippen molar-refractivity contribution >= 4 is 5.91 Å². The van der Waals surface area contributed by atoms with Crippen LogP contribution in [0.15, 0.2) is 0 Å². The molecule has 0 aromatic rings. The maximum absolute atomic E-state index is 12.1. The third-order valence-corrected chi connectivity index (χ3v) is 4.21. The molecule has 1 amide bonds. The molecular weight excluding hydrogens is 258 g/mol. The number of nitrogens with two attached hydrogens (primary N) is 1. The second kappa shape index (κ2) is 7.93. The lowest BCUT2D eigenvalue weighted by Crippen LogP contribution is -2.51. The highest BCUT2D eigenvalue weighted by atomic mass is 16.5. The number of ether oxygens (including phenoxy) is 2. The Balaban J connectivity index is 1.68. The first kappa shape index (κ1) is 15.7. The van der Waals surface area contributed by atoms with Crippen LogP contribution in [0.2, 0.25) is 0 Å². The van der Waals surface area contributed by atoms with Gasteiger partial charge in [0.2, 0.25) is 5.91 Å². The van der Waals surface area contributed by atoms with Crippen molar-refractivity contribution < 1.29 is 14.3 Å². The van der Waals surface area contributed by atoms with Crippen molar-refractivity contribution in [3.05, 3.63) is 0 Å². The SMILES string of the molecule is COC(CN)CC(=O)N1CCN(CC2CCCO2)CC1. The molecule has 2 heterocycles. The first-order valence-corrected chi connectivity index (χ1v) is 7.57. The van der Waals surface area contributed by atoms with Gasteiger partial charge in [0.25, 0.3) is 0 Å². The van der Waals surface area contributed by atoms with Gasteiger partial charge in [0.15, 0.2) is 0 Å². The van der Waals surface area contributed by atoms with Gasteiger partial charge in [0.05, 0.1) is 18.6 Å². The summed E-state index contributed by atoms with van der Waals surface area (Å²) in [5, 5.41) is 0. The van der Waals surface area contributed by atoms with E-state index in [1.54, 1.807) is 7.11 Å². The Kier molecular flexibility index (Phi) is 6.22. The minimum Gasteiger partial charge on any atom is -0.380 e. The number of rotatable bonds is 6. The number of nitrogens with zero attached hydrogens (tertiary/aromatic N) is 2. The van der Waals surface area contributed by atoms with Crippen molar-refractivity contribution in [2.45, 2.75) is 31.5 Å².